The molecule has 2 saturated heterocycles. The molecule has 5 heteroatoms. The van der Waals surface area contributed by atoms with Crippen molar-refractivity contribution in [1.82, 2.24) is 5.32 Å². The molecule has 2 fully saturated rings. The van der Waals surface area contributed by atoms with Gasteiger partial charge in [-0.1, -0.05) is 28.1 Å². The van der Waals surface area contributed by atoms with Crippen LogP contribution in [0, 0.1) is 5.92 Å². The first-order valence-corrected chi connectivity index (χ1v) is 8.22. The lowest BCUT2D eigenvalue weighted by Gasteiger charge is -2.36. The Morgan fingerprint density at radius 3 is 3.05 bits per heavy atom. The maximum Gasteiger partial charge on any atom is 0.311 e. The Kier molecular flexibility index (Phi) is 4.60. The summed E-state index contributed by atoms with van der Waals surface area (Å²) in [4.78, 5) is 12.4. The Balaban J connectivity index is 1.86. The SMILES string of the molecule is O=C(OCCF)[C@H]1[C@@H](c2cccc(Br)c2)C[C@@H]2CC[C@H]1N2. The van der Waals surface area contributed by atoms with Crippen molar-refractivity contribution in [2.45, 2.75) is 37.3 Å². The zero-order valence-electron chi connectivity index (χ0n) is 11.7. The van der Waals surface area contributed by atoms with Gasteiger partial charge in [-0.15, -0.1) is 0 Å². The molecule has 114 valence electrons. The molecule has 1 aromatic rings. The van der Waals surface area contributed by atoms with E-state index < -0.39 is 6.67 Å². The highest BCUT2D eigenvalue weighted by molar-refractivity contribution is 9.10. The lowest BCUT2D eigenvalue weighted by molar-refractivity contribution is -0.151. The van der Waals surface area contributed by atoms with Gasteiger partial charge in [0.1, 0.15) is 13.3 Å². The first kappa shape index (κ1) is 15.0. The molecule has 2 aliphatic heterocycles. The predicted molar refractivity (Wildman–Crippen MR) is 81.9 cm³/mol. The third-order valence-electron chi connectivity index (χ3n) is 4.55. The van der Waals surface area contributed by atoms with E-state index in [4.69, 9.17) is 4.74 Å². The summed E-state index contributed by atoms with van der Waals surface area (Å²) in [6.07, 6.45) is 3.02. The van der Waals surface area contributed by atoms with Crippen LogP contribution in [-0.2, 0) is 9.53 Å². The highest BCUT2D eigenvalue weighted by Crippen LogP contribution is 2.42. The van der Waals surface area contributed by atoms with E-state index in [0.717, 1.165) is 29.3 Å². The number of carbonyl (C=O) groups is 1. The van der Waals surface area contributed by atoms with Crippen LogP contribution < -0.4 is 5.32 Å². The zero-order valence-corrected chi connectivity index (χ0v) is 13.3. The van der Waals surface area contributed by atoms with Crippen LogP contribution in [0.1, 0.15) is 30.7 Å². The fraction of sp³-hybridized carbons (Fsp3) is 0.562. The van der Waals surface area contributed by atoms with Gasteiger partial charge in [-0.25, -0.2) is 4.39 Å². The molecule has 0 saturated carbocycles. The molecule has 3 nitrogen and oxygen atoms in total. The number of esters is 1. The van der Waals surface area contributed by atoms with E-state index in [1.807, 2.05) is 12.1 Å². The summed E-state index contributed by atoms with van der Waals surface area (Å²) >= 11 is 3.49. The van der Waals surface area contributed by atoms with Crippen molar-refractivity contribution < 1.29 is 13.9 Å². The molecule has 0 aliphatic carbocycles. The normalized spacial score (nSPS) is 31.1. The molecule has 2 aliphatic rings. The number of ether oxygens (including phenoxy) is 1. The number of carbonyl (C=O) groups excluding carboxylic acids is 1. The topological polar surface area (TPSA) is 38.3 Å². The molecule has 21 heavy (non-hydrogen) atoms. The Labute approximate surface area is 132 Å². The largest absolute Gasteiger partial charge is 0.463 e. The summed E-state index contributed by atoms with van der Waals surface area (Å²) < 4.78 is 18.4. The van der Waals surface area contributed by atoms with Crippen molar-refractivity contribution in [3.63, 3.8) is 0 Å². The number of benzene rings is 1. The highest BCUT2D eigenvalue weighted by atomic mass is 79.9. The van der Waals surface area contributed by atoms with Crippen molar-refractivity contribution in [3.8, 4) is 0 Å². The number of rotatable bonds is 4. The Morgan fingerprint density at radius 2 is 2.29 bits per heavy atom. The van der Waals surface area contributed by atoms with Gasteiger partial charge in [0.2, 0.25) is 0 Å². The van der Waals surface area contributed by atoms with Gasteiger partial charge in [0.05, 0.1) is 5.92 Å². The van der Waals surface area contributed by atoms with Crippen LogP contribution in [0.25, 0.3) is 0 Å². The van der Waals surface area contributed by atoms with Crippen LogP contribution >= 0.6 is 15.9 Å². The maximum atomic E-state index is 12.4. The molecule has 0 radical (unpaired) electrons. The fourth-order valence-electron chi connectivity index (χ4n) is 3.70. The highest BCUT2D eigenvalue weighted by Gasteiger charge is 2.46. The second-order valence-electron chi connectivity index (χ2n) is 5.83. The van der Waals surface area contributed by atoms with Gasteiger partial charge in [-0.2, -0.15) is 0 Å². The third-order valence-corrected chi connectivity index (χ3v) is 5.05. The standard InChI is InChI=1S/C16H19BrFNO2/c17-11-3-1-2-10(8-11)13-9-12-4-5-14(19-12)15(13)16(20)21-7-6-18/h1-3,8,12-15,19H,4-7,9H2/t12-,13+,14+,15-/m0/s1. The van der Waals surface area contributed by atoms with E-state index >= 15 is 0 Å². The first-order chi connectivity index (χ1) is 10.2. The molecule has 0 spiro atoms. The molecule has 0 aromatic heterocycles. The Morgan fingerprint density at radius 1 is 1.43 bits per heavy atom. The molecule has 3 rings (SSSR count). The van der Waals surface area contributed by atoms with Crippen molar-refractivity contribution in [2.24, 2.45) is 5.92 Å². The van der Waals surface area contributed by atoms with Crippen molar-refractivity contribution in [3.05, 3.63) is 34.3 Å². The average Bonchev–Trinajstić information content (AvgIpc) is 2.86. The second kappa shape index (κ2) is 6.44. The second-order valence-corrected chi connectivity index (χ2v) is 6.74. The van der Waals surface area contributed by atoms with E-state index in [1.165, 1.54) is 0 Å². The van der Waals surface area contributed by atoms with Crippen LogP contribution in [0.5, 0.6) is 0 Å². The summed E-state index contributed by atoms with van der Waals surface area (Å²) in [5, 5.41) is 3.51. The van der Waals surface area contributed by atoms with E-state index in [1.54, 1.807) is 0 Å². The molecule has 2 bridgehead atoms. The molecule has 0 unspecified atom stereocenters. The van der Waals surface area contributed by atoms with Crippen LogP contribution in [0.3, 0.4) is 0 Å². The maximum absolute atomic E-state index is 12.4. The van der Waals surface area contributed by atoms with E-state index in [2.05, 4.69) is 33.4 Å². The summed E-state index contributed by atoms with van der Waals surface area (Å²) in [6, 6.07) is 8.74. The number of hydrogen-bond acceptors (Lipinski definition) is 3. The van der Waals surface area contributed by atoms with Gasteiger partial charge >= 0.3 is 5.97 Å². The third kappa shape index (κ3) is 3.14. The van der Waals surface area contributed by atoms with Crippen LogP contribution in [0.15, 0.2) is 28.7 Å². The summed E-state index contributed by atoms with van der Waals surface area (Å²) in [5.74, 6) is -0.339. The average molecular weight is 356 g/mol. The van der Waals surface area contributed by atoms with Crippen molar-refractivity contribution in [1.29, 1.82) is 0 Å². The van der Waals surface area contributed by atoms with Gasteiger partial charge in [-0.3, -0.25) is 4.79 Å². The molecular formula is C16H19BrFNO2. The number of alkyl halides is 1. The molecular weight excluding hydrogens is 337 g/mol. The van der Waals surface area contributed by atoms with E-state index in [0.29, 0.717) is 6.04 Å². The lowest BCUT2D eigenvalue weighted by atomic mass is 9.77. The van der Waals surface area contributed by atoms with Gasteiger partial charge in [0.25, 0.3) is 0 Å². The number of halogens is 2. The predicted octanol–water partition coefficient (Wildman–Crippen LogP) is 3.19. The molecule has 0 amide bonds. The number of nitrogens with one attached hydrogen (secondary N) is 1. The number of hydrogen-bond donors (Lipinski definition) is 1. The summed E-state index contributed by atoms with van der Waals surface area (Å²) in [6.45, 7) is -0.766. The van der Waals surface area contributed by atoms with Crippen LogP contribution in [0.2, 0.25) is 0 Å². The quantitative estimate of drug-likeness (QED) is 0.843. The Hall–Kier alpha value is -0.940. The van der Waals surface area contributed by atoms with Gasteiger partial charge in [-0.05, 0) is 37.0 Å². The molecule has 4 atom stereocenters. The van der Waals surface area contributed by atoms with Crippen LogP contribution in [-0.4, -0.2) is 31.3 Å². The minimum Gasteiger partial charge on any atom is -0.463 e. The zero-order chi connectivity index (χ0) is 14.8. The molecule has 1 aromatic carbocycles. The number of fused-ring (bicyclic) bond motifs is 2. The fourth-order valence-corrected chi connectivity index (χ4v) is 4.11. The summed E-state index contributed by atoms with van der Waals surface area (Å²) in [7, 11) is 0. The van der Waals surface area contributed by atoms with E-state index in [9.17, 15) is 9.18 Å². The van der Waals surface area contributed by atoms with E-state index in [-0.39, 0.29) is 30.5 Å². The Bertz CT molecular complexity index is 525. The minimum atomic E-state index is -0.624. The molecule has 2 heterocycles. The smallest absolute Gasteiger partial charge is 0.311 e. The van der Waals surface area contributed by atoms with Gasteiger partial charge < -0.3 is 10.1 Å². The lowest BCUT2D eigenvalue weighted by Crippen LogP contribution is -2.48. The monoisotopic (exact) mass is 355 g/mol. The number of piperidine rings is 1. The van der Waals surface area contributed by atoms with Gasteiger partial charge in [0, 0.05) is 22.5 Å². The van der Waals surface area contributed by atoms with Crippen molar-refractivity contribution >= 4 is 21.9 Å². The van der Waals surface area contributed by atoms with Crippen molar-refractivity contribution in [2.75, 3.05) is 13.3 Å². The van der Waals surface area contributed by atoms with Crippen LogP contribution in [0.4, 0.5) is 4.39 Å². The summed E-state index contributed by atoms with van der Waals surface area (Å²) in [5.41, 5.74) is 1.16. The first-order valence-electron chi connectivity index (χ1n) is 7.43. The van der Waals surface area contributed by atoms with Gasteiger partial charge in [0.15, 0.2) is 0 Å². The minimum absolute atomic E-state index is 0.142. The molecule has 1 N–H and O–H groups in total.